The summed E-state index contributed by atoms with van der Waals surface area (Å²) in [5.41, 5.74) is -0.130. The van der Waals surface area contributed by atoms with Gasteiger partial charge in [0.05, 0.1) is 0 Å². The van der Waals surface area contributed by atoms with Crippen molar-refractivity contribution in [2.45, 2.75) is 18.3 Å². The highest BCUT2D eigenvalue weighted by molar-refractivity contribution is 7.99. The van der Waals surface area contributed by atoms with Gasteiger partial charge in [0.2, 0.25) is 0 Å². The van der Waals surface area contributed by atoms with Crippen molar-refractivity contribution in [2.75, 3.05) is 6.26 Å². The number of aliphatic hydroxyl groups excluding tert-OH is 1. The predicted octanol–water partition coefficient (Wildman–Crippen LogP) is 1.88. The van der Waals surface area contributed by atoms with Crippen molar-refractivity contribution < 1.29 is 5.11 Å². The Morgan fingerprint density at radius 2 is 2.27 bits per heavy atom. The molecule has 62 valence electrons. The standard InChI is InChI=1S/C9H14OS/c1-11-9(10)8-5-6-2-3-7(8)4-6/h2-3,6-10H,4-5H2,1H3. The first-order chi connectivity index (χ1) is 5.31. The van der Waals surface area contributed by atoms with E-state index in [1.54, 1.807) is 11.8 Å². The molecule has 0 spiro atoms. The van der Waals surface area contributed by atoms with Crippen LogP contribution in [0.5, 0.6) is 0 Å². The van der Waals surface area contributed by atoms with Crippen LogP contribution in [-0.4, -0.2) is 16.8 Å². The molecule has 1 nitrogen and oxygen atoms in total. The van der Waals surface area contributed by atoms with Gasteiger partial charge in [-0.25, -0.2) is 0 Å². The van der Waals surface area contributed by atoms with E-state index in [-0.39, 0.29) is 5.44 Å². The summed E-state index contributed by atoms with van der Waals surface area (Å²) in [5.74, 6) is 2.01. The van der Waals surface area contributed by atoms with Crippen LogP contribution in [0.3, 0.4) is 0 Å². The summed E-state index contributed by atoms with van der Waals surface area (Å²) in [5, 5.41) is 9.61. The van der Waals surface area contributed by atoms with E-state index in [1.807, 2.05) is 6.26 Å². The third kappa shape index (κ3) is 1.23. The SMILES string of the molecule is CSC(O)C1CC2C=CC1C2. The number of fused-ring (bicyclic) bond motifs is 2. The zero-order valence-corrected chi connectivity index (χ0v) is 7.55. The van der Waals surface area contributed by atoms with Crippen LogP contribution in [0.15, 0.2) is 12.2 Å². The van der Waals surface area contributed by atoms with Gasteiger partial charge in [-0.2, -0.15) is 0 Å². The third-order valence-corrected chi connectivity index (χ3v) is 3.77. The molecule has 4 atom stereocenters. The number of rotatable bonds is 2. The molecular formula is C9H14OS. The van der Waals surface area contributed by atoms with Crippen molar-refractivity contribution in [3.05, 3.63) is 12.2 Å². The van der Waals surface area contributed by atoms with Crippen molar-refractivity contribution in [3.63, 3.8) is 0 Å². The first-order valence-electron chi connectivity index (χ1n) is 4.20. The molecular weight excluding hydrogens is 156 g/mol. The van der Waals surface area contributed by atoms with E-state index >= 15 is 0 Å². The van der Waals surface area contributed by atoms with Crippen molar-refractivity contribution in [2.24, 2.45) is 17.8 Å². The summed E-state index contributed by atoms with van der Waals surface area (Å²) in [7, 11) is 0. The van der Waals surface area contributed by atoms with Crippen LogP contribution in [0.2, 0.25) is 0 Å². The minimum absolute atomic E-state index is 0.130. The molecule has 0 aliphatic heterocycles. The molecule has 4 unspecified atom stereocenters. The highest BCUT2D eigenvalue weighted by Crippen LogP contribution is 2.46. The lowest BCUT2D eigenvalue weighted by Gasteiger charge is -2.22. The Labute approximate surface area is 71.9 Å². The highest BCUT2D eigenvalue weighted by atomic mass is 32.2. The van der Waals surface area contributed by atoms with Gasteiger partial charge in [0, 0.05) is 5.92 Å². The van der Waals surface area contributed by atoms with E-state index in [4.69, 9.17) is 0 Å². The summed E-state index contributed by atoms with van der Waals surface area (Å²) >= 11 is 1.58. The molecule has 0 aromatic heterocycles. The molecule has 0 aromatic carbocycles. The molecule has 2 aliphatic rings. The van der Waals surface area contributed by atoms with Crippen molar-refractivity contribution >= 4 is 11.8 Å². The summed E-state index contributed by atoms with van der Waals surface area (Å²) < 4.78 is 0. The van der Waals surface area contributed by atoms with E-state index < -0.39 is 0 Å². The molecule has 0 radical (unpaired) electrons. The molecule has 0 amide bonds. The molecule has 2 rings (SSSR count). The molecule has 1 saturated carbocycles. The molecule has 2 heteroatoms. The summed E-state index contributed by atoms with van der Waals surface area (Å²) in [6.45, 7) is 0. The number of thioether (sulfide) groups is 1. The van der Waals surface area contributed by atoms with Gasteiger partial charge in [0.25, 0.3) is 0 Å². The lowest BCUT2D eigenvalue weighted by molar-refractivity contribution is 0.173. The molecule has 0 aromatic rings. The smallest absolute Gasteiger partial charge is 0.102 e. The lowest BCUT2D eigenvalue weighted by Crippen LogP contribution is -2.20. The quantitative estimate of drug-likeness (QED) is 0.504. The van der Waals surface area contributed by atoms with Crippen molar-refractivity contribution in [1.29, 1.82) is 0 Å². The van der Waals surface area contributed by atoms with Crippen LogP contribution in [0, 0.1) is 17.8 Å². The van der Waals surface area contributed by atoms with E-state index in [1.165, 1.54) is 12.8 Å². The van der Waals surface area contributed by atoms with Crippen LogP contribution in [0.25, 0.3) is 0 Å². The van der Waals surface area contributed by atoms with Gasteiger partial charge in [-0.05, 0) is 30.9 Å². The fourth-order valence-corrected chi connectivity index (χ4v) is 2.99. The van der Waals surface area contributed by atoms with Gasteiger partial charge in [-0.1, -0.05) is 12.2 Å². The molecule has 1 fully saturated rings. The Bertz CT molecular complexity index is 178. The fourth-order valence-electron chi connectivity index (χ4n) is 2.33. The van der Waals surface area contributed by atoms with E-state index in [2.05, 4.69) is 12.2 Å². The van der Waals surface area contributed by atoms with Gasteiger partial charge in [-0.15, -0.1) is 11.8 Å². The zero-order chi connectivity index (χ0) is 7.84. The number of aliphatic hydroxyl groups is 1. The Morgan fingerprint density at radius 3 is 2.73 bits per heavy atom. The molecule has 0 heterocycles. The molecule has 0 saturated heterocycles. The summed E-state index contributed by atoms with van der Waals surface area (Å²) in [6, 6.07) is 0. The van der Waals surface area contributed by atoms with Crippen LogP contribution in [0.4, 0.5) is 0 Å². The summed E-state index contributed by atoms with van der Waals surface area (Å²) in [6.07, 6.45) is 9.10. The molecule has 1 N–H and O–H groups in total. The second-order valence-electron chi connectivity index (χ2n) is 3.57. The largest absolute Gasteiger partial charge is 0.382 e. The van der Waals surface area contributed by atoms with Gasteiger partial charge in [0.15, 0.2) is 0 Å². The van der Waals surface area contributed by atoms with Crippen LogP contribution in [-0.2, 0) is 0 Å². The van der Waals surface area contributed by atoms with Crippen LogP contribution >= 0.6 is 11.8 Å². The van der Waals surface area contributed by atoms with E-state index in [0.29, 0.717) is 11.8 Å². The Morgan fingerprint density at radius 1 is 1.45 bits per heavy atom. The fraction of sp³-hybridized carbons (Fsp3) is 0.778. The second kappa shape index (κ2) is 2.83. The monoisotopic (exact) mass is 170 g/mol. The molecule has 2 aliphatic carbocycles. The van der Waals surface area contributed by atoms with Gasteiger partial charge >= 0.3 is 0 Å². The second-order valence-corrected chi connectivity index (χ2v) is 4.52. The maximum Gasteiger partial charge on any atom is 0.102 e. The molecule has 11 heavy (non-hydrogen) atoms. The molecule has 2 bridgehead atoms. The van der Waals surface area contributed by atoms with Gasteiger partial charge in [0.1, 0.15) is 5.44 Å². The first-order valence-corrected chi connectivity index (χ1v) is 5.49. The predicted molar refractivity (Wildman–Crippen MR) is 48.4 cm³/mol. The maximum atomic E-state index is 9.61. The zero-order valence-electron chi connectivity index (χ0n) is 6.73. The Balaban J connectivity index is 2.02. The summed E-state index contributed by atoms with van der Waals surface area (Å²) in [4.78, 5) is 0. The highest BCUT2D eigenvalue weighted by Gasteiger charge is 2.38. The van der Waals surface area contributed by atoms with Gasteiger partial charge in [-0.3, -0.25) is 0 Å². The topological polar surface area (TPSA) is 20.2 Å². The van der Waals surface area contributed by atoms with Gasteiger partial charge < -0.3 is 5.11 Å². The number of allylic oxidation sites excluding steroid dienone is 2. The Hall–Kier alpha value is 0.0500. The van der Waals surface area contributed by atoms with Crippen molar-refractivity contribution in [3.8, 4) is 0 Å². The minimum Gasteiger partial charge on any atom is -0.382 e. The van der Waals surface area contributed by atoms with Crippen LogP contribution < -0.4 is 0 Å². The average Bonchev–Trinajstić information content (AvgIpc) is 2.62. The first kappa shape index (κ1) is 7.69. The van der Waals surface area contributed by atoms with E-state index in [9.17, 15) is 5.11 Å². The third-order valence-electron chi connectivity index (χ3n) is 2.94. The number of hydrogen-bond acceptors (Lipinski definition) is 2. The van der Waals surface area contributed by atoms with E-state index in [0.717, 1.165) is 5.92 Å². The normalized spacial score (nSPS) is 43.3. The average molecular weight is 170 g/mol. The Kier molecular flexibility index (Phi) is 1.98. The van der Waals surface area contributed by atoms with Crippen LogP contribution in [0.1, 0.15) is 12.8 Å². The minimum atomic E-state index is -0.130. The number of hydrogen-bond donors (Lipinski definition) is 1. The maximum absolute atomic E-state index is 9.61. The van der Waals surface area contributed by atoms with Crippen molar-refractivity contribution in [1.82, 2.24) is 0 Å². The lowest BCUT2D eigenvalue weighted by atomic mass is 9.94.